The lowest BCUT2D eigenvalue weighted by molar-refractivity contribution is 0.558. The Balaban J connectivity index is 1.98. The van der Waals surface area contributed by atoms with E-state index in [4.69, 9.17) is 0 Å². The van der Waals surface area contributed by atoms with Gasteiger partial charge in [-0.15, -0.1) is 0 Å². The van der Waals surface area contributed by atoms with Crippen LogP contribution in [0.15, 0.2) is 0 Å². The van der Waals surface area contributed by atoms with Crippen LogP contribution in [0.2, 0.25) is 0 Å². The molecule has 0 spiro atoms. The molecule has 1 atom stereocenters. The standard InChI is InChI=1S/C8H15/c1-3-7(2)6-8-4-5-8/h3,7-8H,4-6H2,1-2H3. The van der Waals surface area contributed by atoms with E-state index in [1.807, 2.05) is 0 Å². The molecule has 1 aliphatic rings. The third-order valence-electron chi connectivity index (χ3n) is 1.97. The summed E-state index contributed by atoms with van der Waals surface area (Å²) in [6.45, 7) is 4.46. The minimum absolute atomic E-state index is 0.863. The molecule has 0 aromatic carbocycles. The largest absolute Gasteiger partial charge is 0.0622 e. The SMILES string of the molecule is C[CH]C(C)CC1CC1. The summed E-state index contributed by atoms with van der Waals surface area (Å²) in [7, 11) is 0. The second-order valence-electron chi connectivity index (χ2n) is 2.99. The maximum absolute atomic E-state index is 2.30. The van der Waals surface area contributed by atoms with Gasteiger partial charge in [-0.1, -0.05) is 26.7 Å². The molecule has 1 saturated carbocycles. The summed E-state index contributed by atoms with van der Waals surface area (Å²) in [4.78, 5) is 0. The molecule has 47 valence electrons. The Hall–Kier alpha value is 0. The monoisotopic (exact) mass is 111 g/mol. The topological polar surface area (TPSA) is 0 Å². The van der Waals surface area contributed by atoms with Gasteiger partial charge < -0.3 is 0 Å². The van der Waals surface area contributed by atoms with E-state index in [9.17, 15) is 0 Å². The smallest absolute Gasteiger partial charge is 0.0389 e. The highest BCUT2D eigenvalue weighted by Crippen LogP contribution is 2.35. The predicted molar refractivity (Wildman–Crippen MR) is 36.5 cm³/mol. The van der Waals surface area contributed by atoms with Gasteiger partial charge in [0.05, 0.1) is 0 Å². The Bertz CT molecular complexity index is 62.4. The van der Waals surface area contributed by atoms with E-state index in [1.165, 1.54) is 19.3 Å². The van der Waals surface area contributed by atoms with Crippen LogP contribution >= 0.6 is 0 Å². The number of hydrogen-bond donors (Lipinski definition) is 0. The van der Waals surface area contributed by atoms with Gasteiger partial charge in [0.2, 0.25) is 0 Å². The Kier molecular flexibility index (Phi) is 1.93. The summed E-state index contributed by atoms with van der Waals surface area (Å²) >= 11 is 0. The summed E-state index contributed by atoms with van der Waals surface area (Å²) in [5.41, 5.74) is 0. The van der Waals surface area contributed by atoms with E-state index >= 15 is 0 Å². The van der Waals surface area contributed by atoms with Crippen LogP contribution < -0.4 is 0 Å². The first kappa shape index (κ1) is 6.12. The van der Waals surface area contributed by atoms with Crippen LogP contribution in [-0.4, -0.2) is 0 Å². The van der Waals surface area contributed by atoms with Gasteiger partial charge in [0.15, 0.2) is 0 Å². The number of rotatable bonds is 3. The Morgan fingerprint density at radius 3 is 2.62 bits per heavy atom. The van der Waals surface area contributed by atoms with Crippen molar-refractivity contribution in [1.82, 2.24) is 0 Å². The molecule has 1 aliphatic carbocycles. The number of hydrogen-bond acceptors (Lipinski definition) is 0. The molecule has 0 N–H and O–H groups in total. The van der Waals surface area contributed by atoms with Gasteiger partial charge in [-0.2, -0.15) is 0 Å². The second-order valence-corrected chi connectivity index (χ2v) is 2.99. The van der Waals surface area contributed by atoms with Crippen LogP contribution in [0.5, 0.6) is 0 Å². The van der Waals surface area contributed by atoms with Crippen LogP contribution in [0.25, 0.3) is 0 Å². The lowest BCUT2D eigenvalue weighted by Crippen LogP contribution is -1.92. The fourth-order valence-electron chi connectivity index (χ4n) is 1.02. The molecule has 0 saturated heterocycles. The summed E-state index contributed by atoms with van der Waals surface area (Å²) < 4.78 is 0. The summed E-state index contributed by atoms with van der Waals surface area (Å²) in [5.74, 6) is 1.96. The highest BCUT2D eigenvalue weighted by molar-refractivity contribution is 4.79. The fraction of sp³-hybridized carbons (Fsp3) is 0.875. The molecule has 1 radical (unpaired) electrons. The normalized spacial score (nSPS) is 23.2. The van der Waals surface area contributed by atoms with Crippen LogP contribution in [-0.2, 0) is 0 Å². The lowest BCUT2D eigenvalue weighted by atomic mass is 10.0. The summed E-state index contributed by atoms with van der Waals surface area (Å²) in [6, 6.07) is 0. The summed E-state index contributed by atoms with van der Waals surface area (Å²) in [6.07, 6.45) is 6.74. The highest BCUT2D eigenvalue weighted by atomic mass is 14.3. The van der Waals surface area contributed by atoms with E-state index in [1.54, 1.807) is 0 Å². The zero-order valence-corrected chi connectivity index (χ0v) is 5.85. The first-order valence-electron chi connectivity index (χ1n) is 3.62. The average Bonchev–Trinajstić information content (AvgIpc) is 2.50. The molecule has 0 amide bonds. The van der Waals surface area contributed by atoms with Crippen molar-refractivity contribution in [3.05, 3.63) is 6.42 Å². The average molecular weight is 111 g/mol. The maximum atomic E-state index is 2.30. The predicted octanol–water partition coefficient (Wildman–Crippen LogP) is 2.65. The zero-order chi connectivity index (χ0) is 5.98. The molecule has 0 nitrogen and oxygen atoms in total. The van der Waals surface area contributed by atoms with Crippen molar-refractivity contribution < 1.29 is 0 Å². The van der Waals surface area contributed by atoms with Gasteiger partial charge in [0, 0.05) is 0 Å². The third kappa shape index (κ3) is 1.85. The van der Waals surface area contributed by atoms with Crippen molar-refractivity contribution in [2.24, 2.45) is 11.8 Å². The quantitative estimate of drug-likeness (QED) is 0.525. The molecule has 0 bridgehead atoms. The molecule has 0 heteroatoms. The molecular formula is C8H15. The molecule has 0 aromatic rings. The first-order valence-corrected chi connectivity index (χ1v) is 3.62. The molecule has 0 aliphatic heterocycles. The van der Waals surface area contributed by atoms with Gasteiger partial charge >= 0.3 is 0 Å². The summed E-state index contributed by atoms with van der Waals surface area (Å²) in [5, 5.41) is 0. The van der Waals surface area contributed by atoms with E-state index in [2.05, 4.69) is 20.3 Å². The van der Waals surface area contributed by atoms with E-state index < -0.39 is 0 Å². The fourth-order valence-corrected chi connectivity index (χ4v) is 1.02. The highest BCUT2D eigenvalue weighted by Gasteiger charge is 2.22. The van der Waals surface area contributed by atoms with E-state index in [-0.39, 0.29) is 0 Å². The van der Waals surface area contributed by atoms with Crippen LogP contribution in [0.1, 0.15) is 33.1 Å². The van der Waals surface area contributed by atoms with Gasteiger partial charge in [-0.05, 0) is 24.7 Å². The van der Waals surface area contributed by atoms with Crippen LogP contribution in [0.3, 0.4) is 0 Å². The van der Waals surface area contributed by atoms with Gasteiger partial charge in [0.25, 0.3) is 0 Å². The third-order valence-corrected chi connectivity index (χ3v) is 1.97. The van der Waals surface area contributed by atoms with Gasteiger partial charge in [0.1, 0.15) is 0 Å². The molecule has 1 fully saturated rings. The maximum Gasteiger partial charge on any atom is -0.0389 e. The van der Waals surface area contributed by atoms with Crippen molar-refractivity contribution in [2.45, 2.75) is 33.1 Å². The lowest BCUT2D eigenvalue weighted by Gasteiger charge is -2.03. The molecular weight excluding hydrogens is 96.1 g/mol. The van der Waals surface area contributed by atoms with Crippen LogP contribution in [0.4, 0.5) is 0 Å². The molecule has 0 heterocycles. The molecule has 8 heavy (non-hydrogen) atoms. The Morgan fingerprint density at radius 1 is 1.62 bits per heavy atom. The minimum atomic E-state index is 0.863. The first-order chi connectivity index (χ1) is 3.83. The Morgan fingerprint density at radius 2 is 2.25 bits per heavy atom. The van der Waals surface area contributed by atoms with Crippen molar-refractivity contribution in [3.8, 4) is 0 Å². The molecule has 0 aromatic heterocycles. The van der Waals surface area contributed by atoms with Crippen molar-refractivity contribution >= 4 is 0 Å². The van der Waals surface area contributed by atoms with E-state index in [0.717, 1.165) is 11.8 Å². The molecule has 1 unspecified atom stereocenters. The van der Waals surface area contributed by atoms with Crippen molar-refractivity contribution in [2.75, 3.05) is 0 Å². The zero-order valence-electron chi connectivity index (χ0n) is 5.85. The molecule has 1 rings (SSSR count). The second kappa shape index (κ2) is 2.52. The Labute approximate surface area is 52.3 Å². The van der Waals surface area contributed by atoms with E-state index in [0.29, 0.717) is 0 Å². The van der Waals surface area contributed by atoms with Crippen molar-refractivity contribution in [1.29, 1.82) is 0 Å². The van der Waals surface area contributed by atoms with Gasteiger partial charge in [-0.3, -0.25) is 0 Å². The van der Waals surface area contributed by atoms with Crippen LogP contribution in [0, 0.1) is 18.3 Å². The van der Waals surface area contributed by atoms with Gasteiger partial charge in [-0.25, -0.2) is 0 Å². The minimum Gasteiger partial charge on any atom is -0.0622 e. The van der Waals surface area contributed by atoms with Crippen molar-refractivity contribution in [3.63, 3.8) is 0 Å².